The predicted molar refractivity (Wildman–Crippen MR) is 84.1 cm³/mol. The van der Waals surface area contributed by atoms with Gasteiger partial charge in [0.15, 0.2) is 11.6 Å². The lowest BCUT2D eigenvalue weighted by atomic mass is 10.1. The standard InChI is InChI=1S/C14H22N6O2/c1-2-3-7-22-14-18-11(15)10-12(19-14)20-6-4-5-16-8-9(20)13(21)17-10/h9,16H,2-8H2,1H3,(H,17,21)(H2,15,18,19). The third-order valence-electron chi connectivity index (χ3n) is 3.92. The number of carbonyl (C=O) groups excluding carboxylic acids is 1. The van der Waals surface area contributed by atoms with E-state index in [4.69, 9.17) is 10.5 Å². The number of carbonyl (C=O) groups is 1. The van der Waals surface area contributed by atoms with E-state index in [9.17, 15) is 4.79 Å². The summed E-state index contributed by atoms with van der Waals surface area (Å²) >= 11 is 0. The van der Waals surface area contributed by atoms with E-state index in [-0.39, 0.29) is 23.8 Å². The molecule has 1 amide bonds. The molecule has 1 unspecified atom stereocenters. The number of ether oxygens (including phenoxy) is 1. The number of rotatable bonds is 4. The lowest BCUT2D eigenvalue weighted by Gasteiger charge is -2.35. The summed E-state index contributed by atoms with van der Waals surface area (Å²) in [7, 11) is 0. The van der Waals surface area contributed by atoms with Crippen LogP contribution in [0.2, 0.25) is 0 Å². The van der Waals surface area contributed by atoms with Crippen molar-refractivity contribution < 1.29 is 9.53 Å². The van der Waals surface area contributed by atoms with Crippen molar-refractivity contribution in [2.24, 2.45) is 0 Å². The number of nitrogens with zero attached hydrogens (tertiary/aromatic N) is 3. The Labute approximate surface area is 129 Å². The van der Waals surface area contributed by atoms with Gasteiger partial charge in [-0.2, -0.15) is 9.97 Å². The number of anilines is 3. The van der Waals surface area contributed by atoms with Crippen LogP contribution < -0.4 is 26.0 Å². The number of nitrogen functional groups attached to an aromatic ring is 1. The monoisotopic (exact) mass is 306 g/mol. The minimum Gasteiger partial charge on any atom is -0.463 e. The molecule has 0 radical (unpaired) electrons. The zero-order valence-corrected chi connectivity index (χ0v) is 12.8. The molecular weight excluding hydrogens is 284 g/mol. The minimum absolute atomic E-state index is 0.0724. The molecule has 4 N–H and O–H groups in total. The highest BCUT2D eigenvalue weighted by Crippen LogP contribution is 2.35. The smallest absolute Gasteiger partial charge is 0.320 e. The van der Waals surface area contributed by atoms with E-state index in [1.165, 1.54) is 0 Å². The van der Waals surface area contributed by atoms with E-state index < -0.39 is 0 Å². The van der Waals surface area contributed by atoms with Crippen molar-refractivity contribution in [1.82, 2.24) is 15.3 Å². The number of hydrogen-bond acceptors (Lipinski definition) is 7. The highest BCUT2D eigenvalue weighted by atomic mass is 16.5. The summed E-state index contributed by atoms with van der Waals surface area (Å²) in [5, 5.41) is 6.09. The number of nitrogens with one attached hydrogen (secondary N) is 2. The van der Waals surface area contributed by atoms with Gasteiger partial charge in [0.1, 0.15) is 11.7 Å². The van der Waals surface area contributed by atoms with Crippen molar-refractivity contribution in [2.45, 2.75) is 32.2 Å². The van der Waals surface area contributed by atoms with Gasteiger partial charge in [0.25, 0.3) is 0 Å². The molecule has 8 heteroatoms. The second-order valence-corrected chi connectivity index (χ2v) is 5.55. The van der Waals surface area contributed by atoms with Crippen molar-refractivity contribution in [3.8, 4) is 6.01 Å². The fourth-order valence-corrected chi connectivity index (χ4v) is 2.72. The quantitative estimate of drug-likeness (QED) is 0.690. The lowest BCUT2D eigenvalue weighted by molar-refractivity contribution is -0.117. The van der Waals surface area contributed by atoms with Crippen molar-refractivity contribution in [3.05, 3.63) is 0 Å². The molecule has 2 aliphatic heterocycles. The van der Waals surface area contributed by atoms with E-state index in [1.54, 1.807) is 0 Å². The highest BCUT2D eigenvalue weighted by molar-refractivity contribution is 6.05. The lowest BCUT2D eigenvalue weighted by Crippen LogP contribution is -2.52. The SMILES string of the molecule is CCCCOc1nc(N)c2c(n1)N1CCCNCC1C(=O)N2. The van der Waals surface area contributed by atoms with Gasteiger partial charge in [-0.05, 0) is 19.4 Å². The van der Waals surface area contributed by atoms with Crippen LogP contribution in [0.1, 0.15) is 26.2 Å². The Balaban J connectivity index is 1.92. The molecule has 0 aromatic carbocycles. The molecule has 1 saturated heterocycles. The number of nitrogens with two attached hydrogens (primary N) is 1. The number of fused-ring (bicyclic) bond motifs is 3. The minimum atomic E-state index is -0.271. The van der Waals surface area contributed by atoms with Crippen LogP contribution in [-0.2, 0) is 4.79 Å². The van der Waals surface area contributed by atoms with Crippen LogP contribution in [0.5, 0.6) is 6.01 Å². The molecule has 120 valence electrons. The molecule has 8 nitrogen and oxygen atoms in total. The van der Waals surface area contributed by atoms with Crippen LogP contribution in [0.15, 0.2) is 0 Å². The highest BCUT2D eigenvalue weighted by Gasteiger charge is 2.36. The van der Waals surface area contributed by atoms with Gasteiger partial charge in [-0.15, -0.1) is 0 Å². The Morgan fingerprint density at radius 3 is 3.14 bits per heavy atom. The molecule has 3 heterocycles. The Bertz CT molecular complexity index is 565. The van der Waals surface area contributed by atoms with Crippen molar-refractivity contribution >= 4 is 23.2 Å². The van der Waals surface area contributed by atoms with Gasteiger partial charge in [-0.3, -0.25) is 4.79 Å². The molecular formula is C14H22N6O2. The average molecular weight is 306 g/mol. The summed E-state index contributed by atoms with van der Waals surface area (Å²) in [6, 6.07) is 0.00426. The van der Waals surface area contributed by atoms with Crippen LogP contribution in [0.25, 0.3) is 0 Å². The summed E-state index contributed by atoms with van der Waals surface area (Å²) in [4.78, 5) is 22.9. The first-order valence-electron chi connectivity index (χ1n) is 7.79. The normalized spacial score (nSPS) is 20.7. The van der Waals surface area contributed by atoms with E-state index in [0.717, 1.165) is 32.4 Å². The van der Waals surface area contributed by atoms with Crippen LogP contribution in [0.3, 0.4) is 0 Å². The number of aromatic nitrogens is 2. The van der Waals surface area contributed by atoms with Crippen molar-refractivity contribution in [1.29, 1.82) is 0 Å². The van der Waals surface area contributed by atoms with Gasteiger partial charge in [-0.25, -0.2) is 0 Å². The Morgan fingerprint density at radius 1 is 1.45 bits per heavy atom. The van der Waals surface area contributed by atoms with Crippen molar-refractivity contribution in [3.63, 3.8) is 0 Å². The fraction of sp³-hybridized carbons (Fsp3) is 0.643. The van der Waals surface area contributed by atoms with Gasteiger partial charge in [0, 0.05) is 13.1 Å². The molecule has 22 heavy (non-hydrogen) atoms. The number of amides is 1. The predicted octanol–water partition coefficient (Wildman–Crippen LogP) is 0.358. The Morgan fingerprint density at radius 2 is 2.32 bits per heavy atom. The van der Waals surface area contributed by atoms with Crippen LogP contribution >= 0.6 is 0 Å². The molecule has 1 atom stereocenters. The average Bonchev–Trinajstić information content (AvgIpc) is 2.75. The molecule has 1 aromatic heterocycles. The summed E-state index contributed by atoms with van der Waals surface area (Å²) in [6.07, 6.45) is 2.92. The van der Waals surface area contributed by atoms with Gasteiger partial charge in [0.2, 0.25) is 5.91 Å². The molecule has 2 aliphatic rings. The van der Waals surface area contributed by atoms with Crippen molar-refractivity contribution in [2.75, 3.05) is 42.2 Å². The third kappa shape index (κ3) is 2.78. The van der Waals surface area contributed by atoms with Crippen LogP contribution in [0.4, 0.5) is 17.3 Å². The van der Waals surface area contributed by atoms with E-state index in [1.807, 2.05) is 4.90 Å². The molecule has 3 rings (SSSR count). The third-order valence-corrected chi connectivity index (χ3v) is 3.92. The second-order valence-electron chi connectivity index (χ2n) is 5.55. The summed E-state index contributed by atoms with van der Waals surface area (Å²) in [5.74, 6) is 0.838. The largest absolute Gasteiger partial charge is 0.463 e. The number of hydrogen-bond donors (Lipinski definition) is 3. The maximum absolute atomic E-state index is 12.3. The first kappa shape index (κ1) is 14.8. The maximum atomic E-state index is 12.3. The first-order chi connectivity index (χ1) is 10.7. The Kier molecular flexibility index (Phi) is 4.28. The molecule has 0 bridgehead atoms. The zero-order chi connectivity index (χ0) is 15.5. The van der Waals surface area contributed by atoms with E-state index in [0.29, 0.717) is 24.7 Å². The van der Waals surface area contributed by atoms with E-state index in [2.05, 4.69) is 27.5 Å². The molecule has 1 aromatic rings. The maximum Gasteiger partial charge on any atom is 0.320 e. The summed E-state index contributed by atoms with van der Waals surface area (Å²) in [5.41, 5.74) is 6.47. The van der Waals surface area contributed by atoms with Gasteiger partial charge in [-0.1, -0.05) is 13.3 Å². The van der Waals surface area contributed by atoms with Gasteiger partial charge in [0.05, 0.1) is 6.61 Å². The van der Waals surface area contributed by atoms with Crippen LogP contribution in [0, 0.1) is 0 Å². The number of unbranched alkanes of at least 4 members (excludes halogenated alkanes) is 1. The molecule has 0 aliphatic carbocycles. The Hall–Kier alpha value is -2.09. The van der Waals surface area contributed by atoms with Crippen LogP contribution in [-0.4, -0.2) is 48.2 Å². The van der Waals surface area contributed by atoms with E-state index >= 15 is 0 Å². The van der Waals surface area contributed by atoms with Gasteiger partial charge >= 0.3 is 6.01 Å². The molecule has 0 saturated carbocycles. The first-order valence-corrected chi connectivity index (χ1v) is 7.79. The summed E-state index contributed by atoms with van der Waals surface area (Å²) in [6.45, 7) is 4.89. The van der Waals surface area contributed by atoms with Gasteiger partial charge < -0.3 is 26.0 Å². The topological polar surface area (TPSA) is 105 Å². The molecule has 0 spiro atoms. The molecule has 1 fully saturated rings. The fourth-order valence-electron chi connectivity index (χ4n) is 2.72. The zero-order valence-electron chi connectivity index (χ0n) is 12.8. The second kappa shape index (κ2) is 6.35. The summed E-state index contributed by atoms with van der Waals surface area (Å²) < 4.78 is 5.57.